The summed E-state index contributed by atoms with van der Waals surface area (Å²) in [4.78, 5) is 13.0. The van der Waals surface area contributed by atoms with Crippen LogP contribution in [0, 0.1) is 11.8 Å². The average molecular weight is 259 g/mol. The van der Waals surface area contributed by atoms with Crippen LogP contribution in [0.25, 0.3) is 0 Å². The van der Waals surface area contributed by atoms with Crippen LogP contribution >= 0.6 is 0 Å². The number of aliphatic carboxylic acids is 1. The number of carboxylic acids is 1. The molecule has 1 aliphatic rings. The van der Waals surface area contributed by atoms with Crippen molar-refractivity contribution in [2.75, 3.05) is 33.9 Å². The zero-order chi connectivity index (χ0) is 13.8. The number of carbonyl (C=O) groups is 1. The van der Waals surface area contributed by atoms with Gasteiger partial charge in [0.05, 0.1) is 13.1 Å². The highest BCUT2D eigenvalue weighted by Gasteiger charge is 2.44. The molecule has 0 saturated carbocycles. The van der Waals surface area contributed by atoms with E-state index in [9.17, 15) is 4.79 Å². The molecule has 1 N–H and O–H groups in total. The Morgan fingerprint density at radius 2 is 1.89 bits per heavy atom. The van der Waals surface area contributed by atoms with Crippen LogP contribution < -0.4 is 0 Å². The maximum atomic E-state index is 10.9. The fourth-order valence-electron chi connectivity index (χ4n) is 2.61. The van der Waals surface area contributed by atoms with Gasteiger partial charge < -0.3 is 14.6 Å². The van der Waals surface area contributed by atoms with Crippen LogP contribution in [0.3, 0.4) is 0 Å². The number of carboxylic acid groups (broad SMARTS) is 1. The van der Waals surface area contributed by atoms with Crippen LogP contribution in [0.1, 0.15) is 26.7 Å². The minimum absolute atomic E-state index is 0.203. The molecule has 1 heterocycles. The van der Waals surface area contributed by atoms with Gasteiger partial charge in [0.25, 0.3) is 0 Å². The highest BCUT2D eigenvalue weighted by atomic mass is 16.7. The van der Waals surface area contributed by atoms with E-state index < -0.39 is 11.8 Å². The van der Waals surface area contributed by atoms with Crippen molar-refractivity contribution in [3.8, 4) is 0 Å². The van der Waals surface area contributed by atoms with Gasteiger partial charge in [0, 0.05) is 27.2 Å². The molecule has 0 aliphatic carbocycles. The Kier molecular flexibility index (Phi) is 5.56. The summed E-state index contributed by atoms with van der Waals surface area (Å²) < 4.78 is 10.6. The number of methoxy groups -OCH3 is 2. The molecule has 0 amide bonds. The van der Waals surface area contributed by atoms with E-state index in [1.54, 1.807) is 14.2 Å². The second kappa shape index (κ2) is 6.50. The van der Waals surface area contributed by atoms with Crippen molar-refractivity contribution in [2.45, 2.75) is 32.5 Å². The first kappa shape index (κ1) is 15.4. The normalized spacial score (nSPS) is 20.7. The quantitative estimate of drug-likeness (QED) is 0.668. The zero-order valence-electron chi connectivity index (χ0n) is 11.8. The lowest BCUT2D eigenvalue weighted by Crippen LogP contribution is -2.64. The molecule has 1 saturated heterocycles. The Bertz CT molecular complexity index is 268. The van der Waals surface area contributed by atoms with Gasteiger partial charge >= 0.3 is 5.97 Å². The van der Waals surface area contributed by atoms with Crippen molar-refractivity contribution >= 4 is 5.97 Å². The van der Waals surface area contributed by atoms with Crippen molar-refractivity contribution in [2.24, 2.45) is 11.8 Å². The molecular formula is C13H25NO4. The number of hydrogen-bond acceptors (Lipinski definition) is 4. The summed E-state index contributed by atoms with van der Waals surface area (Å²) in [5.74, 6) is -0.476. The van der Waals surface area contributed by atoms with Gasteiger partial charge in [-0.25, -0.2) is 0 Å². The highest BCUT2D eigenvalue weighted by Crippen LogP contribution is 2.28. The Labute approximate surface area is 109 Å². The van der Waals surface area contributed by atoms with Gasteiger partial charge in [-0.1, -0.05) is 13.8 Å². The SMILES string of the molecule is COC1(OC)CN(CC(CC(=O)O)CC(C)C)C1. The first-order valence-electron chi connectivity index (χ1n) is 6.45. The number of nitrogens with zero attached hydrogens (tertiary/aromatic N) is 1. The largest absolute Gasteiger partial charge is 0.481 e. The molecule has 5 heteroatoms. The van der Waals surface area contributed by atoms with Gasteiger partial charge in [-0.05, 0) is 18.3 Å². The molecular weight excluding hydrogens is 234 g/mol. The summed E-state index contributed by atoms with van der Waals surface area (Å²) in [6.07, 6.45) is 1.18. The molecule has 106 valence electrons. The fourth-order valence-corrected chi connectivity index (χ4v) is 2.61. The minimum atomic E-state index is -0.717. The van der Waals surface area contributed by atoms with Crippen molar-refractivity contribution in [1.82, 2.24) is 4.90 Å². The van der Waals surface area contributed by atoms with Crippen molar-refractivity contribution in [3.05, 3.63) is 0 Å². The first-order valence-corrected chi connectivity index (χ1v) is 6.45. The monoisotopic (exact) mass is 259 g/mol. The summed E-state index contributed by atoms with van der Waals surface area (Å²) >= 11 is 0. The summed E-state index contributed by atoms with van der Waals surface area (Å²) in [5, 5.41) is 8.93. The lowest BCUT2D eigenvalue weighted by atomic mass is 9.92. The Morgan fingerprint density at radius 3 is 2.28 bits per heavy atom. The lowest BCUT2D eigenvalue weighted by Gasteiger charge is -2.48. The van der Waals surface area contributed by atoms with E-state index in [0.29, 0.717) is 19.0 Å². The van der Waals surface area contributed by atoms with Gasteiger partial charge in [0.15, 0.2) is 5.79 Å². The maximum Gasteiger partial charge on any atom is 0.303 e. The van der Waals surface area contributed by atoms with E-state index in [4.69, 9.17) is 14.6 Å². The van der Waals surface area contributed by atoms with E-state index in [-0.39, 0.29) is 12.3 Å². The van der Waals surface area contributed by atoms with Gasteiger partial charge in [0.2, 0.25) is 0 Å². The number of likely N-dealkylation sites (tertiary alicyclic amines) is 1. The first-order chi connectivity index (χ1) is 8.40. The molecule has 0 bridgehead atoms. The van der Waals surface area contributed by atoms with Gasteiger partial charge in [-0.15, -0.1) is 0 Å². The maximum absolute atomic E-state index is 10.9. The van der Waals surface area contributed by atoms with E-state index in [1.165, 1.54) is 0 Å². The average Bonchev–Trinajstić information content (AvgIpc) is 2.20. The minimum Gasteiger partial charge on any atom is -0.481 e. The van der Waals surface area contributed by atoms with E-state index in [0.717, 1.165) is 13.0 Å². The van der Waals surface area contributed by atoms with Crippen LogP contribution in [0.15, 0.2) is 0 Å². The van der Waals surface area contributed by atoms with Crippen LogP contribution in [-0.2, 0) is 14.3 Å². The number of ether oxygens (including phenoxy) is 2. The van der Waals surface area contributed by atoms with Crippen LogP contribution in [0.2, 0.25) is 0 Å². The second-order valence-electron chi connectivity index (χ2n) is 5.58. The summed E-state index contributed by atoms with van der Waals surface area (Å²) in [6.45, 7) is 6.49. The van der Waals surface area contributed by atoms with Gasteiger partial charge in [-0.2, -0.15) is 0 Å². The lowest BCUT2D eigenvalue weighted by molar-refractivity contribution is -0.276. The third-order valence-electron chi connectivity index (χ3n) is 3.46. The third kappa shape index (κ3) is 4.23. The number of hydrogen-bond donors (Lipinski definition) is 1. The summed E-state index contributed by atoms with van der Waals surface area (Å²) in [5.41, 5.74) is 0. The predicted octanol–water partition coefficient (Wildman–Crippen LogP) is 1.43. The van der Waals surface area contributed by atoms with E-state index >= 15 is 0 Å². The Hall–Kier alpha value is -0.650. The molecule has 1 unspecified atom stereocenters. The van der Waals surface area contributed by atoms with E-state index in [1.807, 2.05) is 0 Å². The van der Waals surface area contributed by atoms with Gasteiger partial charge in [-0.3, -0.25) is 9.69 Å². The molecule has 1 rings (SSSR count). The highest BCUT2D eigenvalue weighted by molar-refractivity contribution is 5.67. The smallest absolute Gasteiger partial charge is 0.303 e. The van der Waals surface area contributed by atoms with Crippen molar-refractivity contribution in [1.29, 1.82) is 0 Å². The van der Waals surface area contributed by atoms with E-state index in [2.05, 4.69) is 18.7 Å². The molecule has 1 fully saturated rings. The standard InChI is InChI=1S/C13H25NO4/c1-10(2)5-11(6-12(15)16)7-14-8-13(9-14,17-3)18-4/h10-11H,5-9H2,1-4H3,(H,15,16). The molecule has 1 aliphatic heterocycles. The molecule has 5 nitrogen and oxygen atoms in total. The van der Waals surface area contributed by atoms with Crippen LogP contribution in [-0.4, -0.2) is 55.6 Å². The summed E-state index contributed by atoms with van der Waals surface area (Å²) in [6, 6.07) is 0. The van der Waals surface area contributed by atoms with Crippen molar-refractivity contribution in [3.63, 3.8) is 0 Å². The fraction of sp³-hybridized carbons (Fsp3) is 0.923. The second-order valence-corrected chi connectivity index (χ2v) is 5.58. The molecule has 1 atom stereocenters. The summed E-state index contributed by atoms with van der Waals surface area (Å²) in [7, 11) is 3.29. The molecule has 0 aromatic carbocycles. The molecule has 0 spiro atoms. The molecule has 0 radical (unpaired) electrons. The Balaban J connectivity index is 2.41. The molecule has 0 aromatic heterocycles. The molecule has 18 heavy (non-hydrogen) atoms. The molecule has 0 aromatic rings. The predicted molar refractivity (Wildman–Crippen MR) is 68.4 cm³/mol. The number of rotatable bonds is 8. The zero-order valence-corrected chi connectivity index (χ0v) is 11.8. The van der Waals surface area contributed by atoms with Crippen LogP contribution in [0.5, 0.6) is 0 Å². The van der Waals surface area contributed by atoms with Gasteiger partial charge in [0.1, 0.15) is 0 Å². The van der Waals surface area contributed by atoms with Crippen molar-refractivity contribution < 1.29 is 19.4 Å². The Morgan fingerprint density at radius 1 is 1.33 bits per heavy atom. The third-order valence-corrected chi connectivity index (χ3v) is 3.46. The van der Waals surface area contributed by atoms with Crippen LogP contribution in [0.4, 0.5) is 0 Å². The topological polar surface area (TPSA) is 59.0 Å².